The first-order chi connectivity index (χ1) is 5.58. The molecule has 2 heteroatoms. The van der Waals surface area contributed by atoms with Gasteiger partial charge in [-0.25, -0.2) is 0 Å². The molecule has 0 bridgehead atoms. The van der Waals surface area contributed by atoms with Crippen molar-refractivity contribution >= 4 is 8.32 Å². The predicted molar refractivity (Wildman–Crippen MR) is 55.7 cm³/mol. The normalized spacial score (nSPS) is 19.1. The molecule has 0 fully saturated rings. The van der Waals surface area contributed by atoms with Crippen molar-refractivity contribution in [3.8, 4) is 0 Å². The van der Waals surface area contributed by atoms with E-state index in [0.717, 1.165) is 12.5 Å². The third-order valence-corrected chi connectivity index (χ3v) is 3.92. The Bertz CT molecular complexity index is 167. The quantitative estimate of drug-likeness (QED) is 0.528. The number of hydrogen-bond donors (Lipinski definition) is 1. The predicted octanol–water partition coefficient (Wildman–Crippen LogP) is 3.07. The molecule has 0 spiro atoms. The fraction of sp³-hybridized carbons (Fsp3) is 0.800. The molecule has 1 nitrogen and oxygen atoms in total. The largest absolute Gasteiger partial charge is 0.432 e. The molecule has 0 aromatic heterocycles. The van der Waals surface area contributed by atoms with Crippen molar-refractivity contribution in [3.05, 3.63) is 11.6 Å². The van der Waals surface area contributed by atoms with Crippen LogP contribution < -0.4 is 0 Å². The van der Waals surface area contributed by atoms with Crippen LogP contribution in [0.3, 0.4) is 0 Å². The van der Waals surface area contributed by atoms with Crippen molar-refractivity contribution in [1.29, 1.82) is 0 Å². The van der Waals surface area contributed by atoms with Crippen molar-refractivity contribution < 1.29 is 4.80 Å². The number of hydrogen-bond acceptors (Lipinski definition) is 1. The van der Waals surface area contributed by atoms with Crippen LogP contribution in [0, 0.1) is 0 Å². The molecule has 0 saturated heterocycles. The average Bonchev–Trinajstić information content (AvgIpc) is 2.02. The summed E-state index contributed by atoms with van der Waals surface area (Å²) in [6, 6.07) is 1.04. The second kappa shape index (κ2) is 4.24. The van der Waals surface area contributed by atoms with Gasteiger partial charge in [-0.05, 0) is 51.2 Å². The van der Waals surface area contributed by atoms with Gasteiger partial charge in [-0.2, -0.15) is 0 Å². The Kier molecular flexibility index (Phi) is 3.53. The first kappa shape index (κ1) is 10.0. The molecular formula is C10H20OSi. The molecule has 1 rings (SSSR count). The van der Waals surface area contributed by atoms with Crippen molar-refractivity contribution in [3.63, 3.8) is 0 Å². The SMILES string of the molecule is C[Si](C)(O)CCC1=CCCCC1. The number of rotatable bonds is 3. The molecule has 0 amide bonds. The van der Waals surface area contributed by atoms with Gasteiger partial charge in [-0.3, -0.25) is 0 Å². The maximum Gasteiger partial charge on any atom is 0.182 e. The lowest BCUT2D eigenvalue weighted by Gasteiger charge is -2.17. The van der Waals surface area contributed by atoms with Gasteiger partial charge in [0.2, 0.25) is 0 Å². The van der Waals surface area contributed by atoms with E-state index in [1.54, 1.807) is 5.57 Å². The summed E-state index contributed by atoms with van der Waals surface area (Å²) in [4.78, 5) is 9.66. The molecule has 0 aromatic carbocycles. The Morgan fingerprint density at radius 3 is 2.67 bits per heavy atom. The Hall–Kier alpha value is -0.0831. The van der Waals surface area contributed by atoms with Crippen LogP contribution in [0.1, 0.15) is 32.1 Å². The monoisotopic (exact) mass is 184 g/mol. The second-order valence-corrected chi connectivity index (χ2v) is 8.55. The third-order valence-electron chi connectivity index (χ3n) is 2.44. The summed E-state index contributed by atoms with van der Waals surface area (Å²) in [6.45, 7) is 4.05. The highest BCUT2D eigenvalue weighted by Crippen LogP contribution is 2.23. The summed E-state index contributed by atoms with van der Waals surface area (Å²) in [5, 5.41) is 0. The molecule has 0 aromatic rings. The molecule has 70 valence electrons. The molecule has 0 aliphatic heterocycles. The van der Waals surface area contributed by atoms with Gasteiger partial charge in [0.1, 0.15) is 0 Å². The first-order valence-electron chi connectivity index (χ1n) is 4.98. The lowest BCUT2D eigenvalue weighted by Crippen LogP contribution is -2.24. The van der Waals surface area contributed by atoms with Crippen LogP contribution in [0.15, 0.2) is 11.6 Å². The molecular weight excluding hydrogens is 164 g/mol. The topological polar surface area (TPSA) is 20.2 Å². The molecule has 0 saturated carbocycles. The van der Waals surface area contributed by atoms with Crippen LogP contribution >= 0.6 is 0 Å². The molecule has 0 heterocycles. The van der Waals surface area contributed by atoms with Gasteiger partial charge >= 0.3 is 0 Å². The van der Waals surface area contributed by atoms with Crippen LogP contribution in [0.2, 0.25) is 19.1 Å². The highest BCUT2D eigenvalue weighted by Gasteiger charge is 2.17. The van der Waals surface area contributed by atoms with Crippen LogP contribution in [0.5, 0.6) is 0 Å². The highest BCUT2D eigenvalue weighted by atomic mass is 28.4. The summed E-state index contributed by atoms with van der Waals surface area (Å²) >= 11 is 0. The molecule has 1 aliphatic carbocycles. The Labute approximate surface area is 76.6 Å². The van der Waals surface area contributed by atoms with E-state index in [-0.39, 0.29) is 0 Å². The molecule has 0 radical (unpaired) electrons. The Balaban J connectivity index is 2.26. The maximum atomic E-state index is 9.66. The van der Waals surface area contributed by atoms with Gasteiger partial charge in [0.05, 0.1) is 0 Å². The van der Waals surface area contributed by atoms with Gasteiger partial charge < -0.3 is 4.80 Å². The summed E-state index contributed by atoms with van der Waals surface area (Å²) in [7, 11) is -1.78. The van der Waals surface area contributed by atoms with Crippen molar-refractivity contribution in [2.75, 3.05) is 0 Å². The fourth-order valence-electron chi connectivity index (χ4n) is 1.60. The van der Waals surface area contributed by atoms with Gasteiger partial charge in [0.15, 0.2) is 8.32 Å². The standard InChI is InChI=1S/C10H20OSi/c1-12(2,11)9-8-10-6-4-3-5-7-10/h6,11H,3-5,7-9H2,1-2H3. The zero-order chi connectivity index (χ0) is 9.03. The van der Waals surface area contributed by atoms with E-state index in [9.17, 15) is 4.80 Å². The molecule has 12 heavy (non-hydrogen) atoms. The van der Waals surface area contributed by atoms with Gasteiger partial charge in [0, 0.05) is 0 Å². The van der Waals surface area contributed by atoms with Crippen LogP contribution in [-0.4, -0.2) is 13.1 Å². The molecule has 1 aliphatic rings. The van der Waals surface area contributed by atoms with E-state index in [2.05, 4.69) is 6.08 Å². The lowest BCUT2D eigenvalue weighted by atomic mass is 9.98. The van der Waals surface area contributed by atoms with Crippen molar-refractivity contribution in [2.45, 2.75) is 51.2 Å². The van der Waals surface area contributed by atoms with E-state index in [0.29, 0.717) is 0 Å². The van der Waals surface area contributed by atoms with Crippen LogP contribution in [0.4, 0.5) is 0 Å². The Morgan fingerprint density at radius 1 is 1.42 bits per heavy atom. The zero-order valence-electron chi connectivity index (χ0n) is 8.27. The molecule has 1 N–H and O–H groups in total. The van der Waals surface area contributed by atoms with E-state index in [1.165, 1.54) is 25.7 Å². The number of allylic oxidation sites excluding steroid dienone is 2. The van der Waals surface area contributed by atoms with E-state index in [1.807, 2.05) is 13.1 Å². The van der Waals surface area contributed by atoms with Gasteiger partial charge in [-0.15, -0.1) is 0 Å². The summed E-state index contributed by atoms with van der Waals surface area (Å²) < 4.78 is 0. The first-order valence-corrected chi connectivity index (χ1v) is 8.14. The average molecular weight is 184 g/mol. The minimum absolute atomic E-state index is 1.04. The zero-order valence-corrected chi connectivity index (χ0v) is 9.27. The molecule has 0 unspecified atom stereocenters. The highest BCUT2D eigenvalue weighted by molar-refractivity contribution is 6.69. The summed E-state index contributed by atoms with van der Waals surface area (Å²) in [5.74, 6) is 0. The summed E-state index contributed by atoms with van der Waals surface area (Å²) in [6.07, 6.45) is 8.80. The minimum atomic E-state index is -1.78. The van der Waals surface area contributed by atoms with Crippen LogP contribution in [-0.2, 0) is 0 Å². The minimum Gasteiger partial charge on any atom is -0.432 e. The molecule has 0 atom stereocenters. The lowest BCUT2D eigenvalue weighted by molar-refractivity contribution is 0.545. The van der Waals surface area contributed by atoms with Gasteiger partial charge in [0.25, 0.3) is 0 Å². The van der Waals surface area contributed by atoms with E-state index < -0.39 is 8.32 Å². The fourth-order valence-corrected chi connectivity index (χ4v) is 2.53. The van der Waals surface area contributed by atoms with Crippen LogP contribution in [0.25, 0.3) is 0 Å². The second-order valence-electron chi connectivity index (χ2n) is 4.42. The van der Waals surface area contributed by atoms with E-state index in [4.69, 9.17) is 0 Å². The van der Waals surface area contributed by atoms with Crippen molar-refractivity contribution in [2.24, 2.45) is 0 Å². The smallest absolute Gasteiger partial charge is 0.182 e. The maximum absolute atomic E-state index is 9.66. The Morgan fingerprint density at radius 2 is 2.17 bits per heavy atom. The summed E-state index contributed by atoms with van der Waals surface area (Å²) in [5.41, 5.74) is 1.59. The van der Waals surface area contributed by atoms with Gasteiger partial charge in [-0.1, -0.05) is 11.6 Å². The van der Waals surface area contributed by atoms with E-state index >= 15 is 0 Å². The third kappa shape index (κ3) is 4.07. The van der Waals surface area contributed by atoms with Crippen molar-refractivity contribution in [1.82, 2.24) is 0 Å².